The van der Waals surface area contributed by atoms with Gasteiger partial charge in [-0.1, -0.05) is 52.0 Å². The van der Waals surface area contributed by atoms with Crippen LogP contribution in [0.1, 0.15) is 75.6 Å². The van der Waals surface area contributed by atoms with Crippen LogP contribution in [0.4, 0.5) is 0 Å². The molecule has 0 bridgehead atoms. The van der Waals surface area contributed by atoms with Crippen molar-refractivity contribution >= 4 is 22.6 Å². The molecule has 4 heterocycles. The summed E-state index contributed by atoms with van der Waals surface area (Å²) in [4.78, 5) is 33.3. The molecule has 0 aliphatic carbocycles. The highest BCUT2D eigenvalue weighted by atomic mass is 16.2. The normalized spacial score (nSPS) is 14.9. The third kappa shape index (κ3) is 4.87. The fourth-order valence-corrected chi connectivity index (χ4v) is 4.70. The van der Waals surface area contributed by atoms with E-state index in [0.717, 1.165) is 32.1 Å². The van der Waals surface area contributed by atoms with Gasteiger partial charge >= 0.3 is 0 Å². The average Bonchev–Trinajstić information content (AvgIpc) is 2.82. The van der Waals surface area contributed by atoms with Crippen molar-refractivity contribution in [1.82, 2.24) is 18.9 Å². The minimum Gasteiger partial charge on any atom is -0.339 e. The largest absolute Gasteiger partial charge is 0.339 e. The number of fused-ring (bicyclic) bond motifs is 2. The summed E-state index contributed by atoms with van der Waals surface area (Å²) >= 11 is 0. The monoisotopic (exact) mass is 449 g/mol. The second kappa shape index (κ2) is 10.3. The molecule has 33 heavy (non-hydrogen) atoms. The Kier molecular flexibility index (Phi) is 7.26. The van der Waals surface area contributed by atoms with Crippen LogP contribution in [0.3, 0.4) is 0 Å². The molecule has 1 N–H and O–H groups in total. The van der Waals surface area contributed by atoms with Crippen molar-refractivity contribution in [2.75, 3.05) is 13.1 Å². The van der Waals surface area contributed by atoms with Crippen molar-refractivity contribution in [1.29, 1.82) is 5.41 Å². The highest BCUT2D eigenvalue weighted by Crippen LogP contribution is 2.19. The van der Waals surface area contributed by atoms with E-state index >= 15 is 0 Å². The van der Waals surface area contributed by atoms with Crippen LogP contribution in [0.15, 0.2) is 35.3 Å². The lowest BCUT2D eigenvalue weighted by molar-refractivity contribution is 0.0694. The molecular weight excluding hydrogens is 414 g/mol. The summed E-state index contributed by atoms with van der Waals surface area (Å²) in [5.74, 6) is 0.460. The van der Waals surface area contributed by atoms with Gasteiger partial charge in [0, 0.05) is 25.8 Å². The van der Waals surface area contributed by atoms with E-state index in [1.165, 1.54) is 23.7 Å². The number of amides is 1. The number of nitrogens with one attached hydrogen (secondary N) is 1. The Morgan fingerprint density at radius 3 is 2.61 bits per heavy atom. The summed E-state index contributed by atoms with van der Waals surface area (Å²) in [6.45, 7) is 6.39. The summed E-state index contributed by atoms with van der Waals surface area (Å²) in [6, 6.07) is 7.05. The van der Waals surface area contributed by atoms with Gasteiger partial charge in [-0.05, 0) is 43.4 Å². The number of pyridine rings is 2. The van der Waals surface area contributed by atoms with Crippen LogP contribution in [-0.4, -0.2) is 37.8 Å². The van der Waals surface area contributed by atoms with E-state index in [4.69, 9.17) is 10.4 Å². The number of unbranched alkanes of at least 4 members (excludes halogenated alkanes) is 5. The van der Waals surface area contributed by atoms with Crippen molar-refractivity contribution in [2.45, 2.75) is 71.8 Å². The van der Waals surface area contributed by atoms with Gasteiger partial charge in [0.05, 0.1) is 10.9 Å². The molecule has 1 aliphatic heterocycles. The number of hydrogen-bond donors (Lipinski definition) is 1. The van der Waals surface area contributed by atoms with Gasteiger partial charge in [0.1, 0.15) is 16.8 Å². The molecule has 0 aromatic carbocycles. The van der Waals surface area contributed by atoms with Gasteiger partial charge in [-0.2, -0.15) is 0 Å². The maximum Gasteiger partial charge on any atom is 0.267 e. The van der Waals surface area contributed by atoms with Crippen LogP contribution < -0.4 is 11.0 Å². The topological polar surface area (TPSA) is 83.5 Å². The lowest BCUT2D eigenvalue weighted by atomic mass is 9.98. The van der Waals surface area contributed by atoms with Crippen LogP contribution >= 0.6 is 0 Å². The molecule has 3 aromatic heterocycles. The Morgan fingerprint density at radius 2 is 1.85 bits per heavy atom. The Balaban J connectivity index is 1.76. The Labute approximate surface area is 194 Å². The van der Waals surface area contributed by atoms with Crippen molar-refractivity contribution in [3.8, 4) is 0 Å². The zero-order valence-corrected chi connectivity index (χ0v) is 19.8. The predicted octanol–water partition coefficient (Wildman–Crippen LogP) is 4.36. The summed E-state index contributed by atoms with van der Waals surface area (Å²) in [7, 11) is 0. The standard InChI is InChI=1S/C26H35N5O2/c1-3-4-5-6-7-9-15-31-23(27)20(25(32)29-16-12-19(2)13-17-29)18-21-24(31)28-22-11-8-10-14-30(22)26(21)33/h8,10-11,14,18-19,27H,3-7,9,12-13,15-17H2,1-2H3. The molecular formula is C26H35N5O2. The number of rotatable bonds is 8. The molecule has 1 amide bonds. The van der Waals surface area contributed by atoms with Crippen LogP contribution in [0.5, 0.6) is 0 Å². The Hall–Kier alpha value is -2.96. The smallest absolute Gasteiger partial charge is 0.267 e. The molecule has 0 atom stereocenters. The van der Waals surface area contributed by atoms with Gasteiger partial charge < -0.3 is 9.47 Å². The SMILES string of the molecule is CCCCCCCCn1c(=N)c(C(=O)N2CCC(C)CC2)cc2c(=O)n3ccccc3nc21. The van der Waals surface area contributed by atoms with Gasteiger partial charge in [-0.25, -0.2) is 4.98 Å². The highest BCUT2D eigenvalue weighted by Gasteiger charge is 2.24. The van der Waals surface area contributed by atoms with Crippen molar-refractivity contribution in [3.63, 3.8) is 0 Å². The Bertz CT molecular complexity index is 1250. The van der Waals surface area contributed by atoms with E-state index in [0.29, 0.717) is 47.8 Å². The van der Waals surface area contributed by atoms with E-state index in [1.807, 2.05) is 11.0 Å². The van der Waals surface area contributed by atoms with Gasteiger partial charge in [-0.15, -0.1) is 0 Å². The van der Waals surface area contributed by atoms with Crippen LogP contribution in [-0.2, 0) is 6.54 Å². The van der Waals surface area contributed by atoms with Crippen LogP contribution in [0.2, 0.25) is 0 Å². The van der Waals surface area contributed by atoms with E-state index in [9.17, 15) is 9.59 Å². The summed E-state index contributed by atoms with van der Waals surface area (Å²) < 4.78 is 3.29. The molecule has 1 fully saturated rings. The first-order valence-electron chi connectivity index (χ1n) is 12.4. The molecule has 176 valence electrons. The fourth-order valence-electron chi connectivity index (χ4n) is 4.70. The molecule has 0 saturated carbocycles. The number of hydrogen-bond acceptors (Lipinski definition) is 4. The first kappa shape index (κ1) is 23.2. The van der Waals surface area contributed by atoms with Crippen LogP contribution in [0, 0.1) is 11.3 Å². The number of carbonyl (C=O) groups excluding carboxylic acids is 1. The van der Waals surface area contributed by atoms with Gasteiger partial charge in [0.25, 0.3) is 11.5 Å². The van der Waals surface area contributed by atoms with Gasteiger partial charge in [-0.3, -0.25) is 19.4 Å². The minimum atomic E-state index is -0.200. The molecule has 1 saturated heterocycles. The first-order valence-corrected chi connectivity index (χ1v) is 12.4. The number of likely N-dealkylation sites (tertiary alicyclic amines) is 1. The molecule has 0 radical (unpaired) electrons. The third-order valence-corrected chi connectivity index (χ3v) is 6.85. The quantitative estimate of drug-likeness (QED) is 0.410. The number of aryl methyl sites for hydroxylation is 1. The van der Waals surface area contributed by atoms with E-state index in [-0.39, 0.29) is 17.0 Å². The fraction of sp³-hybridized carbons (Fsp3) is 0.538. The van der Waals surface area contributed by atoms with E-state index in [2.05, 4.69) is 13.8 Å². The minimum absolute atomic E-state index is 0.150. The molecule has 4 rings (SSSR count). The molecule has 1 aliphatic rings. The molecule has 7 nitrogen and oxygen atoms in total. The molecule has 7 heteroatoms. The Morgan fingerprint density at radius 1 is 1.12 bits per heavy atom. The maximum absolute atomic E-state index is 13.4. The first-order chi connectivity index (χ1) is 16.0. The highest BCUT2D eigenvalue weighted by molar-refractivity contribution is 5.96. The summed E-state index contributed by atoms with van der Waals surface area (Å²) in [5, 5.41) is 9.31. The van der Waals surface area contributed by atoms with Crippen molar-refractivity contribution in [2.24, 2.45) is 5.92 Å². The van der Waals surface area contributed by atoms with E-state index < -0.39 is 0 Å². The average molecular weight is 450 g/mol. The maximum atomic E-state index is 13.4. The number of nitrogens with zero attached hydrogens (tertiary/aromatic N) is 4. The van der Waals surface area contributed by atoms with Crippen molar-refractivity contribution in [3.05, 3.63) is 51.9 Å². The zero-order chi connectivity index (χ0) is 23.4. The van der Waals surface area contributed by atoms with Crippen LogP contribution in [0.25, 0.3) is 16.7 Å². The summed E-state index contributed by atoms with van der Waals surface area (Å²) in [5.41, 5.74) is 1.31. The lowest BCUT2D eigenvalue weighted by Gasteiger charge is -2.30. The molecule has 0 spiro atoms. The molecule has 3 aromatic rings. The number of piperidine rings is 1. The zero-order valence-electron chi connectivity index (χ0n) is 19.8. The summed E-state index contributed by atoms with van der Waals surface area (Å²) in [6.07, 6.45) is 10.4. The number of carbonyl (C=O) groups is 1. The van der Waals surface area contributed by atoms with Crippen molar-refractivity contribution < 1.29 is 4.79 Å². The second-order valence-electron chi connectivity index (χ2n) is 9.38. The van der Waals surface area contributed by atoms with Gasteiger partial charge in [0.2, 0.25) is 0 Å². The molecule has 0 unspecified atom stereocenters. The van der Waals surface area contributed by atoms with E-state index in [1.54, 1.807) is 29.0 Å². The third-order valence-electron chi connectivity index (χ3n) is 6.85. The van der Waals surface area contributed by atoms with Gasteiger partial charge in [0.15, 0.2) is 0 Å². The predicted molar refractivity (Wildman–Crippen MR) is 130 cm³/mol. The lowest BCUT2D eigenvalue weighted by Crippen LogP contribution is -2.41. The number of aromatic nitrogens is 3. The second-order valence-corrected chi connectivity index (χ2v) is 9.38.